The molecule has 0 spiro atoms. The Kier molecular flexibility index (Phi) is 6.68. The molecule has 1 amide bonds. The number of hydrogen-bond donors (Lipinski definition) is 0. The number of benzene rings is 2. The fourth-order valence-corrected chi connectivity index (χ4v) is 4.85. The van der Waals surface area contributed by atoms with E-state index in [9.17, 15) is 4.79 Å². The maximum Gasteiger partial charge on any atom is 0.279 e. The van der Waals surface area contributed by atoms with Crippen LogP contribution in [0, 0.1) is 12.3 Å². The van der Waals surface area contributed by atoms with Crippen LogP contribution in [0.15, 0.2) is 46.3 Å². The molecule has 7 heteroatoms. The normalized spacial score (nSPS) is 11.7. The molecule has 3 rings (SSSR count). The van der Waals surface area contributed by atoms with Crippen molar-refractivity contribution in [2.24, 2.45) is 4.99 Å². The van der Waals surface area contributed by atoms with Crippen LogP contribution in [0.4, 0.5) is 0 Å². The number of terminal acetylenes is 1. The van der Waals surface area contributed by atoms with Crippen LogP contribution in [0.25, 0.3) is 10.2 Å². The summed E-state index contributed by atoms with van der Waals surface area (Å²) in [5.74, 6) is 3.64. The van der Waals surface area contributed by atoms with Gasteiger partial charge in [-0.05, 0) is 36.4 Å². The zero-order valence-electron chi connectivity index (χ0n) is 16.8. The lowest BCUT2D eigenvalue weighted by Crippen LogP contribution is -2.16. The van der Waals surface area contributed by atoms with Gasteiger partial charge in [-0.15, -0.1) is 18.2 Å². The van der Waals surface area contributed by atoms with Gasteiger partial charge in [0.15, 0.2) is 4.80 Å². The predicted molar refractivity (Wildman–Crippen MR) is 119 cm³/mol. The Morgan fingerprint density at radius 3 is 2.41 bits per heavy atom. The summed E-state index contributed by atoms with van der Waals surface area (Å²) < 4.78 is 13.6. The molecule has 0 atom stereocenters. The van der Waals surface area contributed by atoms with Crippen LogP contribution >= 0.6 is 23.1 Å². The van der Waals surface area contributed by atoms with E-state index in [2.05, 4.69) is 24.8 Å². The van der Waals surface area contributed by atoms with E-state index in [1.54, 1.807) is 38.1 Å². The first-order chi connectivity index (χ1) is 14.0. The number of rotatable bonds is 6. The lowest BCUT2D eigenvalue weighted by atomic mass is 10.2. The van der Waals surface area contributed by atoms with Crippen molar-refractivity contribution in [2.45, 2.75) is 30.5 Å². The summed E-state index contributed by atoms with van der Waals surface area (Å²) in [7, 11) is 3.20. The second-order valence-electron chi connectivity index (χ2n) is 6.43. The number of thiazole rings is 1. The number of carbonyl (C=O) groups excluding carboxylic acids is 1. The second-order valence-corrected chi connectivity index (χ2v) is 9.06. The van der Waals surface area contributed by atoms with Gasteiger partial charge >= 0.3 is 0 Å². The molecule has 0 saturated heterocycles. The van der Waals surface area contributed by atoms with Crippen molar-refractivity contribution >= 4 is 39.2 Å². The number of hydrogen-bond acceptors (Lipinski definition) is 5. The quantitative estimate of drug-likeness (QED) is 0.427. The highest BCUT2D eigenvalue weighted by molar-refractivity contribution is 7.99. The number of thioether (sulfide) groups is 1. The molecule has 0 aliphatic heterocycles. The fraction of sp³-hybridized carbons (Fsp3) is 0.273. The largest absolute Gasteiger partial charge is 0.495 e. The molecule has 3 aromatic rings. The SMILES string of the molecule is C#CCn1c(=NC(=O)c2ccc(SC(C)C)cc2)sc2c(OC)ccc(OC)c21. The van der Waals surface area contributed by atoms with E-state index in [1.807, 2.05) is 28.8 Å². The summed E-state index contributed by atoms with van der Waals surface area (Å²) in [6.45, 7) is 4.53. The Balaban J connectivity index is 2.10. The Morgan fingerprint density at radius 2 is 1.83 bits per heavy atom. The Morgan fingerprint density at radius 1 is 1.17 bits per heavy atom. The van der Waals surface area contributed by atoms with Gasteiger partial charge in [-0.2, -0.15) is 4.99 Å². The van der Waals surface area contributed by atoms with Gasteiger partial charge in [0, 0.05) is 15.7 Å². The summed E-state index contributed by atoms with van der Waals surface area (Å²) in [5.41, 5.74) is 1.30. The minimum Gasteiger partial charge on any atom is -0.495 e. The first kappa shape index (κ1) is 21.0. The van der Waals surface area contributed by atoms with Gasteiger partial charge in [-0.1, -0.05) is 31.1 Å². The number of fused-ring (bicyclic) bond motifs is 1. The highest BCUT2D eigenvalue weighted by Crippen LogP contribution is 2.35. The average molecular weight is 427 g/mol. The molecular formula is C22H22N2O3S2. The standard InChI is InChI=1S/C22H22N2O3S2/c1-6-13-24-19-17(26-4)11-12-18(27-5)20(19)29-22(24)23-21(25)15-7-9-16(10-8-15)28-14(2)3/h1,7-12,14H,13H2,2-5H3. The molecule has 0 fully saturated rings. The van der Waals surface area contributed by atoms with Gasteiger partial charge in [0.05, 0.1) is 20.8 Å². The molecule has 0 aliphatic rings. The summed E-state index contributed by atoms with van der Waals surface area (Å²) in [6.07, 6.45) is 5.57. The van der Waals surface area contributed by atoms with Crippen LogP contribution in [0.5, 0.6) is 11.5 Å². The van der Waals surface area contributed by atoms with E-state index in [1.165, 1.54) is 11.3 Å². The number of carbonyl (C=O) groups is 1. The van der Waals surface area contributed by atoms with Crippen molar-refractivity contribution in [1.82, 2.24) is 4.57 Å². The molecule has 0 saturated carbocycles. The third kappa shape index (κ3) is 4.50. The molecule has 0 bridgehead atoms. The maximum absolute atomic E-state index is 12.8. The Hall–Kier alpha value is -2.69. The van der Waals surface area contributed by atoms with Crippen LogP contribution in [0.2, 0.25) is 0 Å². The Labute approximate surface area is 178 Å². The van der Waals surface area contributed by atoms with E-state index in [0.717, 1.165) is 15.1 Å². The molecule has 0 unspecified atom stereocenters. The van der Waals surface area contributed by atoms with Crippen molar-refractivity contribution in [1.29, 1.82) is 0 Å². The lowest BCUT2D eigenvalue weighted by molar-refractivity contribution is 0.0998. The minimum absolute atomic E-state index is 0.263. The van der Waals surface area contributed by atoms with Crippen molar-refractivity contribution in [2.75, 3.05) is 14.2 Å². The van der Waals surface area contributed by atoms with Gasteiger partial charge in [0.1, 0.15) is 21.7 Å². The number of methoxy groups -OCH3 is 2. The van der Waals surface area contributed by atoms with Crippen LogP contribution in [0.3, 0.4) is 0 Å². The van der Waals surface area contributed by atoms with Gasteiger partial charge in [0.25, 0.3) is 5.91 Å². The first-order valence-corrected chi connectivity index (χ1v) is 10.7. The van der Waals surface area contributed by atoms with E-state index < -0.39 is 0 Å². The summed E-state index contributed by atoms with van der Waals surface area (Å²) >= 11 is 3.10. The van der Waals surface area contributed by atoms with E-state index in [4.69, 9.17) is 15.9 Å². The first-order valence-electron chi connectivity index (χ1n) is 9.02. The van der Waals surface area contributed by atoms with Crippen LogP contribution in [-0.4, -0.2) is 29.9 Å². The molecule has 0 radical (unpaired) electrons. The highest BCUT2D eigenvalue weighted by atomic mass is 32.2. The van der Waals surface area contributed by atoms with Crippen LogP contribution in [-0.2, 0) is 6.54 Å². The molecule has 0 aliphatic carbocycles. The number of ether oxygens (including phenoxy) is 2. The number of aromatic nitrogens is 1. The van der Waals surface area contributed by atoms with Crippen molar-refractivity contribution in [3.05, 3.63) is 46.8 Å². The molecule has 150 valence electrons. The molecule has 2 aromatic carbocycles. The third-order valence-corrected chi connectivity index (χ3v) is 6.22. The van der Waals surface area contributed by atoms with E-state index in [-0.39, 0.29) is 12.5 Å². The molecule has 1 heterocycles. The van der Waals surface area contributed by atoms with Crippen LogP contribution in [0.1, 0.15) is 24.2 Å². The van der Waals surface area contributed by atoms with E-state index in [0.29, 0.717) is 27.1 Å². The van der Waals surface area contributed by atoms with Gasteiger partial charge in [-0.3, -0.25) is 4.79 Å². The highest BCUT2D eigenvalue weighted by Gasteiger charge is 2.16. The molecule has 5 nitrogen and oxygen atoms in total. The summed E-state index contributed by atoms with van der Waals surface area (Å²) in [5, 5.41) is 0.479. The van der Waals surface area contributed by atoms with Crippen molar-refractivity contribution < 1.29 is 14.3 Å². The minimum atomic E-state index is -0.318. The molecule has 1 aromatic heterocycles. The molecular weight excluding hydrogens is 404 g/mol. The monoisotopic (exact) mass is 426 g/mol. The van der Waals surface area contributed by atoms with Crippen molar-refractivity contribution in [3.63, 3.8) is 0 Å². The number of amides is 1. The smallest absolute Gasteiger partial charge is 0.279 e. The van der Waals surface area contributed by atoms with Crippen LogP contribution < -0.4 is 14.3 Å². The zero-order chi connectivity index (χ0) is 21.0. The summed E-state index contributed by atoms with van der Waals surface area (Å²) in [4.78, 5) is 18.8. The summed E-state index contributed by atoms with van der Waals surface area (Å²) in [6, 6.07) is 11.1. The predicted octanol–water partition coefficient (Wildman–Crippen LogP) is 4.59. The van der Waals surface area contributed by atoms with Gasteiger partial charge in [-0.25, -0.2) is 0 Å². The third-order valence-electron chi connectivity index (χ3n) is 4.11. The maximum atomic E-state index is 12.8. The van der Waals surface area contributed by atoms with Gasteiger partial charge in [0.2, 0.25) is 0 Å². The molecule has 29 heavy (non-hydrogen) atoms. The van der Waals surface area contributed by atoms with Crippen molar-refractivity contribution in [3.8, 4) is 23.8 Å². The van der Waals surface area contributed by atoms with Gasteiger partial charge < -0.3 is 14.0 Å². The lowest BCUT2D eigenvalue weighted by Gasteiger charge is -2.08. The number of nitrogens with zero attached hydrogens (tertiary/aromatic N) is 2. The molecule has 0 N–H and O–H groups in total. The second kappa shape index (κ2) is 9.21. The Bertz CT molecular complexity index is 1140. The topological polar surface area (TPSA) is 52.8 Å². The van der Waals surface area contributed by atoms with E-state index >= 15 is 0 Å². The fourth-order valence-electron chi connectivity index (χ4n) is 2.88. The zero-order valence-corrected chi connectivity index (χ0v) is 18.4. The average Bonchev–Trinajstić information content (AvgIpc) is 3.06.